The summed E-state index contributed by atoms with van der Waals surface area (Å²) in [7, 11) is 0. The van der Waals surface area contributed by atoms with Crippen molar-refractivity contribution in [2.75, 3.05) is 13.1 Å². The Morgan fingerprint density at radius 1 is 0.960 bits per heavy atom. The van der Waals surface area contributed by atoms with Crippen molar-refractivity contribution in [1.29, 1.82) is 0 Å². The maximum Gasteiger partial charge on any atom is 0.302 e. The molecule has 2 aliphatic heterocycles. The smallest absolute Gasteiger partial charge is 0.302 e. The molecule has 4 rings (SSSR count). The number of hydrogen-bond donors (Lipinski definition) is 1. The summed E-state index contributed by atoms with van der Waals surface area (Å²) < 4.78 is 11.3. The van der Waals surface area contributed by atoms with E-state index in [1.54, 1.807) is 0 Å². The predicted molar refractivity (Wildman–Crippen MR) is 89.7 cm³/mol. The Morgan fingerprint density at radius 2 is 1.64 bits per heavy atom. The Bertz CT molecular complexity index is 578. The number of aliphatic hydroxyl groups is 1. The summed E-state index contributed by atoms with van der Waals surface area (Å²) in [5.41, 5.74) is -1.19. The average Bonchev–Trinajstić information content (AvgIpc) is 2.52. The molecule has 0 amide bonds. The Kier molecular flexibility index (Phi) is 4.11. The number of nitrogens with zero attached hydrogens (tertiary/aromatic N) is 1. The lowest BCUT2D eigenvalue weighted by Gasteiger charge is -2.71. The highest BCUT2D eigenvalue weighted by atomic mass is 16.6. The summed E-state index contributed by atoms with van der Waals surface area (Å²) >= 11 is 0. The van der Waals surface area contributed by atoms with E-state index in [4.69, 9.17) is 9.47 Å². The van der Waals surface area contributed by atoms with Gasteiger partial charge in [0, 0.05) is 25.7 Å². The van der Waals surface area contributed by atoms with Gasteiger partial charge in [0.2, 0.25) is 0 Å². The monoisotopic (exact) mass is 351 g/mol. The van der Waals surface area contributed by atoms with Gasteiger partial charge in [0.1, 0.15) is 12.2 Å². The second-order valence-corrected chi connectivity index (χ2v) is 8.36. The Balaban J connectivity index is 1.77. The van der Waals surface area contributed by atoms with Gasteiger partial charge in [0.15, 0.2) is 0 Å². The van der Waals surface area contributed by atoms with Crippen LogP contribution in [0.2, 0.25) is 0 Å². The maximum atomic E-state index is 11.9. The van der Waals surface area contributed by atoms with Crippen molar-refractivity contribution in [2.45, 2.75) is 82.1 Å². The predicted octanol–water partition coefficient (Wildman–Crippen LogP) is 1.64. The molecule has 4 aliphatic rings. The summed E-state index contributed by atoms with van der Waals surface area (Å²) in [5, 5.41) is 11.9. The molecule has 6 atom stereocenters. The molecular weight excluding hydrogens is 322 g/mol. The summed E-state index contributed by atoms with van der Waals surface area (Å²) in [5.74, 6) is -0.550. The molecule has 4 fully saturated rings. The number of carbonyl (C=O) groups excluding carboxylic acids is 2. The highest BCUT2D eigenvalue weighted by Crippen LogP contribution is 2.62. The topological polar surface area (TPSA) is 76.1 Å². The van der Waals surface area contributed by atoms with Gasteiger partial charge in [-0.15, -0.1) is 0 Å². The first-order valence-electron chi connectivity index (χ1n) is 9.70. The third kappa shape index (κ3) is 2.36. The van der Waals surface area contributed by atoms with Crippen LogP contribution < -0.4 is 0 Å². The molecule has 140 valence electrons. The second-order valence-electron chi connectivity index (χ2n) is 8.36. The van der Waals surface area contributed by atoms with Gasteiger partial charge in [0.25, 0.3) is 0 Å². The second kappa shape index (κ2) is 5.95. The zero-order valence-corrected chi connectivity index (χ0v) is 15.2. The van der Waals surface area contributed by atoms with E-state index in [0.717, 1.165) is 51.6 Å². The lowest BCUT2D eigenvalue weighted by Crippen LogP contribution is -2.81. The van der Waals surface area contributed by atoms with Gasteiger partial charge in [-0.25, -0.2) is 0 Å². The third-order valence-corrected chi connectivity index (χ3v) is 7.30. The van der Waals surface area contributed by atoms with Crippen LogP contribution in [-0.4, -0.2) is 58.4 Å². The van der Waals surface area contributed by atoms with Crippen LogP contribution in [0.3, 0.4) is 0 Å². The van der Waals surface area contributed by atoms with E-state index in [1.807, 2.05) is 0 Å². The fourth-order valence-corrected chi connectivity index (χ4v) is 6.73. The van der Waals surface area contributed by atoms with E-state index in [0.29, 0.717) is 6.42 Å². The molecule has 6 heteroatoms. The summed E-state index contributed by atoms with van der Waals surface area (Å²) in [4.78, 5) is 25.8. The third-order valence-electron chi connectivity index (χ3n) is 7.30. The molecule has 6 unspecified atom stereocenters. The highest BCUT2D eigenvalue weighted by molar-refractivity contribution is 5.66. The standard InChI is InChI=1S/C19H29NO5/c1-12(21)24-16-6-8-18-14-5-3-9-20(18)10-4-7-19(18,23)15(16)11-17(14)25-13(2)22/h14-17,23H,3-11H2,1-2H3. The van der Waals surface area contributed by atoms with Gasteiger partial charge in [-0.1, -0.05) is 0 Å². The van der Waals surface area contributed by atoms with E-state index in [1.165, 1.54) is 13.8 Å². The fraction of sp³-hybridized carbons (Fsp3) is 0.895. The first-order chi connectivity index (χ1) is 11.9. The molecule has 0 aromatic rings. The number of hydrogen-bond acceptors (Lipinski definition) is 6. The summed E-state index contributed by atoms with van der Waals surface area (Å²) in [6.45, 7) is 4.88. The van der Waals surface area contributed by atoms with Gasteiger partial charge in [0.05, 0.1) is 11.1 Å². The normalized spacial score (nSPS) is 46.0. The molecule has 2 saturated heterocycles. The van der Waals surface area contributed by atoms with Crippen molar-refractivity contribution in [2.24, 2.45) is 11.8 Å². The number of ether oxygens (including phenoxy) is 2. The van der Waals surface area contributed by atoms with Crippen LogP contribution in [0.15, 0.2) is 0 Å². The molecule has 0 aromatic carbocycles. The van der Waals surface area contributed by atoms with E-state index >= 15 is 0 Å². The largest absolute Gasteiger partial charge is 0.462 e. The van der Waals surface area contributed by atoms with Crippen LogP contribution in [0.5, 0.6) is 0 Å². The van der Waals surface area contributed by atoms with Gasteiger partial charge < -0.3 is 14.6 Å². The van der Waals surface area contributed by atoms with Crippen molar-refractivity contribution in [3.63, 3.8) is 0 Å². The maximum absolute atomic E-state index is 11.9. The molecule has 2 bridgehead atoms. The highest BCUT2D eigenvalue weighted by Gasteiger charge is 2.71. The average molecular weight is 351 g/mol. The van der Waals surface area contributed by atoms with Crippen molar-refractivity contribution < 1.29 is 24.2 Å². The zero-order valence-electron chi connectivity index (χ0n) is 15.2. The van der Waals surface area contributed by atoms with Gasteiger partial charge in [-0.2, -0.15) is 0 Å². The van der Waals surface area contributed by atoms with E-state index < -0.39 is 5.60 Å². The van der Waals surface area contributed by atoms with E-state index in [9.17, 15) is 14.7 Å². The molecule has 2 aliphatic carbocycles. The Hall–Kier alpha value is -1.14. The Morgan fingerprint density at radius 3 is 2.36 bits per heavy atom. The van der Waals surface area contributed by atoms with E-state index in [-0.39, 0.29) is 41.5 Å². The van der Waals surface area contributed by atoms with E-state index in [2.05, 4.69) is 4.90 Å². The van der Waals surface area contributed by atoms with Crippen molar-refractivity contribution >= 4 is 11.9 Å². The molecular formula is C19H29NO5. The van der Waals surface area contributed by atoms with Crippen LogP contribution in [-0.2, 0) is 19.1 Å². The minimum absolute atomic E-state index is 0.161. The molecule has 6 nitrogen and oxygen atoms in total. The molecule has 1 N–H and O–H groups in total. The van der Waals surface area contributed by atoms with Gasteiger partial charge >= 0.3 is 11.9 Å². The molecule has 1 spiro atoms. The summed E-state index contributed by atoms with van der Waals surface area (Å²) in [6, 6.07) is 0. The zero-order chi connectivity index (χ0) is 17.8. The molecule has 0 aromatic heterocycles. The minimum atomic E-state index is -0.856. The van der Waals surface area contributed by atoms with Crippen LogP contribution in [0, 0.1) is 11.8 Å². The molecule has 0 radical (unpaired) electrons. The van der Waals surface area contributed by atoms with Crippen LogP contribution in [0.25, 0.3) is 0 Å². The molecule has 2 saturated carbocycles. The van der Waals surface area contributed by atoms with Gasteiger partial charge in [-0.3, -0.25) is 14.5 Å². The number of piperidine rings is 2. The number of carbonyl (C=O) groups is 2. The van der Waals surface area contributed by atoms with Gasteiger partial charge in [-0.05, 0) is 58.0 Å². The summed E-state index contributed by atoms with van der Waals surface area (Å²) in [6.07, 6.45) is 5.49. The first kappa shape index (κ1) is 17.3. The van der Waals surface area contributed by atoms with Crippen molar-refractivity contribution in [3.05, 3.63) is 0 Å². The Labute approximate surface area is 148 Å². The lowest BCUT2D eigenvalue weighted by molar-refractivity contribution is -0.293. The quantitative estimate of drug-likeness (QED) is 0.762. The first-order valence-corrected chi connectivity index (χ1v) is 9.70. The molecule has 2 heterocycles. The minimum Gasteiger partial charge on any atom is -0.462 e. The van der Waals surface area contributed by atoms with Crippen LogP contribution in [0.1, 0.15) is 58.8 Å². The van der Waals surface area contributed by atoms with Crippen LogP contribution in [0.4, 0.5) is 0 Å². The SMILES string of the molecule is CC(=O)OC1CCC23C4CCCN2CCCC3(O)C1CC4OC(C)=O. The molecule has 25 heavy (non-hydrogen) atoms. The number of esters is 2. The van der Waals surface area contributed by atoms with Crippen molar-refractivity contribution in [1.82, 2.24) is 4.90 Å². The van der Waals surface area contributed by atoms with Crippen molar-refractivity contribution in [3.8, 4) is 0 Å². The lowest BCUT2D eigenvalue weighted by atomic mass is 9.46. The fourth-order valence-electron chi connectivity index (χ4n) is 6.73. The van der Waals surface area contributed by atoms with Crippen LogP contribution >= 0.6 is 0 Å². The number of rotatable bonds is 2.